The van der Waals surface area contributed by atoms with Crippen LogP contribution in [0.2, 0.25) is 0 Å². The van der Waals surface area contributed by atoms with Crippen molar-refractivity contribution in [3.63, 3.8) is 0 Å². The fourth-order valence-corrected chi connectivity index (χ4v) is 4.53. The first-order valence-electron chi connectivity index (χ1n) is 10.6. The lowest BCUT2D eigenvalue weighted by Crippen LogP contribution is -2.31. The van der Waals surface area contributed by atoms with E-state index in [9.17, 15) is 22.4 Å². The van der Waals surface area contributed by atoms with E-state index in [1.165, 1.54) is 29.6 Å². The normalized spacial score (nSPS) is 11.8. The van der Waals surface area contributed by atoms with E-state index in [1.807, 2.05) is 0 Å². The molecule has 0 saturated carbocycles. The highest BCUT2D eigenvalue weighted by Crippen LogP contribution is 2.29. The Morgan fingerprint density at radius 1 is 1.03 bits per heavy atom. The zero-order chi connectivity index (χ0) is 25.7. The minimum absolute atomic E-state index is 0.190. The van der Waals surface area contributed by atoms with Gasteiger partial charge in [0.05, 0.1) is 23.3 Å². The number of benzene rings is 2. The van der Waals surface area contributed by atoms with Crippen molar-refractivity contribution in [1.82, 2.24) is 4.31 Å². The molecule has 2 N–H and O–H groups in total. The molecule has 11 heteroatoms. The second-order valence-corrected chi connectivity index (χ2v) is 10.2. The fourth-order valence-electron chi connectivity index (χ4n) is 3.05. The number of anilines is 2. The van der Waals surface area contributed by atoms with E-state index in [1.54, 1.807) is 34.6 Å². The van der Waals surface area contributed by atoms with Gasteiger partial charge < -0.3 is 14.8 Å². The van der Waals surface area contributed by atoms with E-state index in [4.69, 9.17) is 9.47 Å². The molecule has 2 rings (SSSR count). The Hall–Kier alpha value is -3.18. The monoisotopic (exact) mass is 495 g/mol. The number of amides is 2. The lowest BCUT2D eigenvalue weighted by Gasteiger charge is -2.20. The quantitative estimate of drug-likeness (QED) is 0.559. The molecule has 0 aliphatic carbocycles. The van der Waals surface area contributed by atoms with Crippen LogP contribution in [0.1, 0.15) is 45.0 Å². The SMILES string of the molecule is CCN(CC)S(=O)(=O)c1ccc(F)c(C(=O)Nc2ccc(OC)c(NC(=O)OC(C)(C)C)c2)c1. The van der Waals surface area contributed by atoms with Crippen molar-refractivity contribution < 1.29 is 31.9 Å². The molecular weight excluding hydrogens is 465 g/mol. The third kappa shape index (κ3) is 6.67. The molecule has 2 aromatic carbocycles. The Balaban J connectivity index is 2.33. The number of hydrogen-bond donors (Lipinski definition) is 2. The van der Waals surface area contributed by atoms with Crippen LogP contribution in [0.3, 0.4) is 0 Å². The van der Waals surface area contributed by atoms with Crippen LogP contribution < -0.4 is 15.4 Å². The number of carbonyl (C=O) groups is 2. The van der Waals surface area contributed by atoms with Gasteiger partial charge in [-0.15, -0.1) is 0 Å². The van der Waals surface area contributed by atoms with Gasteiger partial charge in [0, 0.05) is 18.8 Å². The maximum atomic E-state index is 14.4. The summed E-state index contributed by atoms with van der Waals surface area (Å²) in [6.45, 7) is 8.97. The molecule has 0 radical (unpaired) electrons. The van der Waals surface area contributed by atoms with Crippen LogP contribution in [-0.4, -0.2) is 50.5 Å². The number of hydrogen-bond acceptors (Lipinski definition) is 6. The van der Waals surface area contributed by atoms with Gasteiger partial charge in [0.2, 0.25) is 10.0 Å². The summed E-state index contributed by atoms with van der Waals surface area (Å²) < 4.78 is 51.6. The number of carbonyl (C=O) groups excluding carboxylic acids is 2. The van der Waals surface area contributed by atoms with Crippen molar-refractivity contribution in [1.29, 1.82) is 0 Å². The minimum Gasteiger partial charge on any atom is -0.495 e. The maximum Gasteiger partial charge on any atom is 0.412 e. The summed E-state index contributed by atoms with van der Waals surface area (Å²) in [6.07, 6.45) is -0.727. The summed E-state index contributed by atoms with van der Waals surface area (Å²) in [6, 6.07) is 7.47. The zero-order valence-corrected chi connectivity index (χ0v) is 20.9. The van der Waals surface area contributed by atoms with Crippen molar-refractivity contribution >= 4 is 33.4 Å². The first-order valence-corrected chi connectivity index (χ1v) is 12.1. The molecule has 2 amide bonds. The first kappa shape index (κ1) is 27.1. The summed E-state index contributed by atoms with van der Waals surface area (Å²) >= 11 is 0. The highest BCUT2D eigenvalue weighted by Gasteiger charge is 2.24. The molecular formula is C23H30FN3O6S. The third-order valence-electron chi connectivity index (χ3n) is 4.62. The van der Waals surface area contributed by atoms with E-state index in [0.29, 0.717) is 5.75 Å². The van der Waals surface area contributed by atoms with Gasteiger partial charge in [0.1, 0.15) is 17.2 Å². The molecule has 0 spiro atoms. The smallest absolute Gasteiger partial charge is 0.412 e. The largest absolute Gasteiger partial charge is 0.495 e. The van der Waals surface area contributed by atoms with Gasteiger partial charge in [-0.2, -0.15) is 4.31 Å². The average Bonchev–Trinajstić information content (AvgIpc) is 2.73. The van der Waals surface area contributed by atoms with Crippen molar-refractivity contribution in [2.45, 2.75) is 45.1 Å². The molecule has 0 saturated heterocycles. The second kappa shape index (κ2) is 10.8. The van der Waals surface area contributed by atoms with E-state index in [0.717, 1.165) is 18.2 Å². The predicted molar refractivity (Wildman–Crippen MR) is 127 cm³/mol. The topological polar surface area (TPSA) is 114 Å². The summed E-state index contributed by atoms with van der Waals surface area (Å²) in [7, 11) is -2.47. The number of halogens is 1. The van der Waals surface area contributed by atoms with Crippen LogP contribution in [-0.2, 0) is 14.8 Å². The molecule has 0 bridgehead atoms. The van der Waals surface area contributed by atoms with E-state index < -0.39 is 39.0 Å². The van der Waals surface area contributed by atoms with Crippen molar-refractivity contribution in [3.05, 3.63) is 47.8 Å². The molecule has 0 atom stereocenters. The Kier molecular flexibility index (Phi) is 8.62. The van der Waals surface area contributed by atoms with Crippen molar-refractivity contribution in [2.75, 3.05) is 30.8 Å². The van der Waals surface area contributed by atoms with Crippen LogP contribution >= 0.6 is 0 Å². The molecule has 0 unspecified atom stereocenters. The molecule has 0 aliphatic rings. The fraction of sp³-hybridized carbons (Fsp3) is 0.391. The Bertz CT molecular complexity index is 1160. The standard InChI is InChI=1S/C23H30FN3O6S/c1-7-27(8-2)34(30,31)16-10-11-18(24)17(14-16)21(28)25-15-9-12-20(32-6)19(13-15)26-22(29)33-23(3,4)5/h9-14H,7-8H2,1-6H3,(H,25,28)(H,26,29). The zero-order valence-electron chi connectivity index (χ0n) is 20.1. The van der Waals surface area contributed by atoms with Crippen molar-refractivity contribution in [3.8, 4) is 5.75 Å². The molecule has 2 aromatic rings. The average molecular weight is 496 g/mol. The van der Waals surface area contributed by atoms with Crippen LogP contribution in [0.15, 0.2) is 41.3 Å². The van der Waals surface area contributed by atoms with Gasteiger partial charge in [0.15, 0.2) is 0 Å². The third-order valence-corrected chi connectivity index (χ3v) is 6.66. The molecule has 34 heavy (non-hydrogen) atoms. The second-order valence-electron chi connectivity index (χ2n) is 8.23. The van der Waals surface area contributed by atoms with E-state index in [2.05, 4.69) is 10.6 Å². The summed E-state index contributed by atoms with van der Waals surface area (Å²) in [5, 5.41) is 5.05. The number of nitrogens with zero attached hydrogens (tertiary/aromatic N) is 1. The van der Waals surface area contributed by atoms with Crippen LogP contribution in [0.25, 0.3) is 0 Å². The van der Waals surface area contributed by atoms with Crippen LogP contribution in [0.5, 0.6) is 5.75 Å². The number of rotatable bonds is 8. The lowest BCUT2D eigenvalue weighted by molar-refractivity contribution is 0.0635. The summed E-state index contributed by atoms with van der Waals surface area (Å²) in [5.74, 6) is -1.43. The number of nitrogens with one attached hydrogen (secondary N) is 2. The first-order chi connectivity index (χ1) is 15.8. The highest BCUT2D eigenvalue weighted by atomic mass is 32.2. The Morgan fingerprint density at radius 2 is 1.68 bits per heavy atom. The molecule has 0 fully saturated rings. The van der Waals surface area contributed by atoms with E-state index >= 15 is 0 Å². The summed E-state index contributed by atoms with van der Waals surface area (Å²) in [4.78, 5) is 24.8. The van der Waals surface area contributed by atoms with Crippen LogP contribution in [0.4, 0.5) is 20.6 Å². The van der Waals surface area contributed by atoms with Crippen LogP contribution in [0, 0.1) is 5.82 Å². The van der Waals surface area contributed by atoms with E-state index in [-0.39, 0.29) is 29.4 Å². The van der Waals surface area contributed by atoms with Gasteiger partial charge in [-0.25, -0.2) is 17.6 Å². The van der Waals surface area contributed by atoms with Gasteiger partial charge in [-0.3, -0.25) is 10.1 Å². The van der Waals surface area contributed by atoms with Gasteiger partial charge in [-0.1, -0.05) is 13.8 Å². The molecule has 0 heterocycles. The molecule has 0 aliphatic heterocycles. The van der Waals surface area contributed by atoms with Gasteiger partial charge >= 0.3 is 6.09 Å². The predicted octanol–water partition coefficient (Wildman–Crippen LogP) is 4.46. The molecule has 186 valence electrons. The van der Waals surface area contributed by atoms with Gasteiger partial charge in [-0.05, 0) is 57.2 Å². The summed E-state index contributed by atoms with van der Waals surface area (Å²) in [5.41, 5.74) is -0.733. The number of sulfonamides is 1. The Morgan fingerprint density at radius 3 is 2.24 bits per heavy atom. The molecule has 0 aromatic heterocycles. The maximum absolute atomic E-state index is 14.4. The highest BCUT2D eigenvalue weighted by molar-refractivity contribution is 7.89. The molecule has 9 nitrogen and oxygen atoms in total. The minimum atomic E-state index is -3.88. The lowest BCUT2D eigenvalue weighted by atomic mass is 10.2. The number of methoxy groups -OCH3 is 1. The Labute approximate surface area is 199 Å². The van der Waals surface area contributed by atoms with Gasteiger partial charge in [0.25, 0.3) is 5.91 Å². The number of ether oxygens (including phenoxy) is 2. The van der Waals surface area contributed by atoms with Crippen molar-refractivity contribution in [2.24, 2.45) is 0 Å².